The van der Waals surface area contributed by atoms with E-state index < -0.39 is 0 Å². The summed E-state index contributed by atoms with van der Waals surface area (Å²) < 4.78 is 0. The number of fused-ring (bicyclic) bond motifs is 2. The molecule has 2 aliphatic rings. The summed E-state index contributed by atoms with van der Waals surface area (Å²) in [6.45, 7) is 2.46. The second-order valence-corrected chi connectivity index (χ2v) is 4.53. The smallest absolute Gasteiger partial charge is 0.223 e. The first-order valence-corrected chi connectivity index (χ1v) is 5.39. The average molecular weight is 194 g/mol. The van der Waals surface area contributed by atoms with E-state index >= 15 is 0 Å². The molecule has 0 aromatic carbocycles. The van der Waals surface area contributed by atoms with Crippen LogP contribution in [0.4, 0.5) is 0 Å². The molecular formula is C11H18N2O. The van der Waals surface area contributed by atoms with Crippen molar-refractivity contribution in [3.8, 4) is 0 Å². The Balaban J connectivity index is 1.90. The second kappa shape index (κ2) is 3.73. The van der Waals surface area contributed by atoms with Crippen LogP contribution in [0.1, 0.15) is 19.8 Å². The lowest BCUT2D eigenvalue weighted by atomic mass is 9.92. The third-order valence-corrected chi connectivity index (χ3v) is 3.36. The first kappa shape index (κ1) is 9.71. The van der Waals surface area contributed by atoms with Crippen molar-refractivity contribution in [1.29, 1.82) is 0 Å². The maximum absolute atomic E-state index is 11.8. The average Bonchev–Trinajstić information content (AvgIpc) is 2.78. The van der Waals surface area contributed by atoms with E-state index in [1.54, 1.807) is 0 Å². The lowest BCUT2D eigenvalue weighted by molar-refractivity contribution is -0.126. The van der Waals surface area contributed by atoms with Gasteiger partial charge in [0.2, 0.25) is 5.91 Å². The molecule has 1 fully saturated rings. The monoisotopic (exact) mass is 194 g/mol. The summed E-state index contributed by atoms with van der Waals surface area (Å²) in [5.74, 6) is 1.55. The molecule has 14 heavy (non-hydrogen) atoms. The molecule has 2 rings (SSSR count). The van der Waals surface area contributed by atoms with E-state index in [0.717, 1.165) is 6.42 Å². The highest BCUT2D eigenvalue weighted by Gasteiger charge is 2.39. The molecule has 2 aliphatic carbocycles. The summed E-state index contributed by atoms with van der Waals surface area (Å²) >= 11 is 0. The molecule has 0 spiro atoms. The Morgan fingerprint density at radius 3 is 2.86 bits per heavy atom. The molecule has 78 valence electrons. The van der Waals surface area contributed by atoms with Gasteiger partial charge in [0.25, 0.3) is 0 Å². The van der Waals surface area contributed by atoms with Gasteiger partial charge in [-0.2, -0.15) is 0 Å². The summed E-state index contributed by atoms with van der Waals surface area (Å²) in [5, 5.41) is 2.96. The Morgan fingerprint density at radius 1 is 1.57 bits per heavy atom. The number of nitrogens with one attached hydrogen (secondary N) is 1. The van der Waals surface area contributed by atoms with Gasteiger partial charge in [-0.1, -0.05) is 12.2 Å². The minimum Gasteiger partial charge on any atom is -0.352 e. The van der Waals surface area contributed by atoms with Crippen LogP contribution >= 0.6 is 0 Å². The fourth-order valence-electron chi connectivity index (χ4n) is 2.49. The first-order chi connectivity index (χ1) is 6.70. The van der Waals surface area contributed by atoms with Gasteiger partial charge in [0.05, 0.1) is 0 Å². The normalized spacial score (nSPS) is 36.0. The molecule has 3 nitrogen and oxygen atoms in total. The quantitative estimate of drug-likeness (QED) is 0.648. The van der Waals surface area contributed by atoms with Gasteiger partial charge in [0, 0.05) is 18.5 Å². The van der Waals surface area contributed by atoms with Crippen molar-refractivity contribution in [1.82, 2.24) is 5.32 Å². The number of allylic oxidation sites excluding steroid dienone is 2. The zero-order valence-electron chi connectivity index (χ0n) is 8.57. The van der Waals surface area contributed by atoms with E-state index in [9.17, 15) is 4.79 Å². The van der Waals surface area contributed by atoms with Crippen LogP contribution < -0.4 is 11.1 Å². The highest BCUT2D eigenvalue weighted by atomic mass is 16.2. The fourth-order valence-corrected chi connectivity index (χ4v) is 2.49. The van der Waals surface area contributed by atoms with Gasteiger partial charge in [-0.05, 0) is 31.6 Å². The zero-order valence-corrected chi connectivity index (χ0v) is 8.57. The van der Waals surface area contributed by atoms with Gasteiger partial charge in [-0.25, -0.2) is 0 Å². The SMILES string of the molecule is C[C@H](CN)NC(=O)C1CC2C=CC1C2. The van der Waals surface area contributed by atoms with Gasteiger partial charge in [-0.3, -0.25) is 4.79 Å². The Kier molecular flexibility index (Phi) is 2.59. The number of carbonyl (C=O) groups excluding carboxylic acids is 1. The van der Waals surface area contributed by atoms with E-state index in [1.807, 2.05) is 6.92 Å². The first-order valence-electron chi connectivity index (χ1n) is 5.39. The molecule has 0 radical (unpaired) electrons. The lowest BCUT2D eigenvalue weighted by Gasteiger charge is -2.20. The molecule has 0 aliphatic heterocycles. The van der Waals surface area contributed by atoms with Crippen LogP contribution in [-0.4, -0.2) is 18.5 Å². The predicted octanol–water partition coefficient (Wildman–Crippen LogP) is 0.662. The van der Waals surface area contributed by atoms with Crippen molar-refractivity contribution in [2.45, 2.75) is 25.8 Å². The molecule has 0 heterocycles. The summed E-state index contributed by atoms with van der Waals surface area (Å²) in [6, 6.07) is 0.102. The van der Waals surface area contributed by atoms with Crippen LogP contribution in [0.15, 0.2) is 12.2 Å². The molecule has 0 aromatic heterocycles. The van der Waals surface area contributed by atoms with Crippen LogP contribution in [-0.2, 0) is 4.79 Å². The molecule has 0 aromatic rings. The highest BCUT2D eigenvalue weighted by molar-refractivity contribution is 5.80. The molecule has 3 heteroatoms. The van der Waals surface area contributed by atoms with Crippen molar-refractivity contribution < 1.29 is 4.79 Å². The standard InChI is InChI=1S/C11H18N2O/c1-7(6-12)13-11(14)10-5-8-2-3-9(10)4-8/h2-3,7-10H,4-6,12H2,1H3,(H,13,14)/t7-,8?,9?,10?/m1/s1. The maximum Gasteiger partial charge on any atom is 0.223 e. The largest absolute Gasteiger partial charge is 0.352 e. The number of amides is 1. The minimum atomic E-state index is 0.102. The summed E-state index contributed by atoms with van der Waals surface area (Å²) in [6.07, 6.45) is 6.66. The molecular weight excluding hydrogens is 176 g/mol. The van der Waals surface area contributed by atoms with Crippen molar-refractivity contribution in [2.24, 2.45) is 23.5 Å². The third kappa shape index (κ3) is 1.69. The number of hydrogen-bond donors (Lipinski definition) is 2. The van der Waals surface area contributed by atoms with Gasteiger partial charge in [-0.15, -0.1) is 0 Å². The van der Waals surface area contributed by atoms with Gasteiger partial charge < -0.3 is 11.1 Å². The van der Waals surface area contributed by atoms with Crippen molar-refractivity contribution in [3.05, 3.63) is 12.2 Å². The Morgan fingerprint density at radius 2 is 2.36 bits per heavy atom. The number of nitrogens with two attached hydrogens (primary N) is 1. The number of carbonyl (C=O) groups is 1. The van der Waals surface area contributed by atoms with Crippen LogP contribution in [0.5, 0.6) is 0 Å². The number of hydrogen-bond acceptors (Lipinski definition) is 2. The lowest BCUT2D eigenvalue weighted by Crippen LogP contribution is -2.42. The maximum atomic E-state index is 11.8. The molecule has 1 amide bonds. The van der Waals surface area contributed by atoms with Crippen molar-refractivity contribution in [3.63, 3.8) is 0 Å². The van der Waals surface area contributed by atoms with Gasteiger partial charge in [0.1, 0.15) is 0 Å². The van der Waals surface area contributed by atoms with Crippen molar-refractivity contribution >= 4 is 5.91 Å². The molecule has 3 N–H and O–H groups in total. The van der Waals surface area contributed by atoms with E-state index in [2.05, 4.69) is 17.5 Å². The fraction of sp³-hybridized carbons (Fsp3) is 0.727. The van der Waals surface area contributed by atoms with Crippen LogP contribution in [0, 0.1) is 17.8 Å². The third-order valence-electron chi connectivity index (χ3n) is 3.36. The minimum absolute atomic E-state index is 0.102. The Hall–Kier alpha value is -0.830. The Bertz CT molecular complexity index is 262. The topological polar surface area (TPSA) is 55.1 Å². The van der Waals surface area contributed by atoms with E-state index in [0.29, 0.717) is 18.4 Å². The molecule has 4 atom stereocenters. The second-order valence-electron chi connectivity index (χ2n) is 4.53. The molecule has 0 saturated heterocycles. The molecule has 1 saturated carbocycles. The van der Waals surface area contributed by atoms with E-state index in [4.69, 9.17) is 5.73 Å². The summed E-state index contributed by atoms with van der Waals surface area (Å²) in [5.41, 5.74) is 5.47. The van der Waals surface area contributed by atoms with Crippen molar-refractivity contribution in [2.75, 3.05) is 6.54 Å². The van der Waals surface area contributed by atoms with Gasteiger partial charge >= 0.3 is 0 Å². The van der Waals surface area contributed by atoms with Crippen LogP contribution in [0.2, 0.25) is 0 Å². The zero-order chi connectivity index (χ0) is 10.1. The number of rotatable bonds is 3. The summed E-state index contributed by atoms with van der Waals surface area (Å²) in [7, 11) is 0. The highest BCUT2D eigenvalue weighted by Crippen LogP contribution is 2.43. The van der Waals surface area contributed by atoms with Gasteiger partial charge in [0.15, 0.2) is 0 Å². The molecule has 3 unspecified atom stereocenters. The van der Waals surface area contributed by atoms with Crippen LogP contribution in [0.3, 0.4) is 0 Å². The predicted molar refractivity (Wildman–Crippen MR) is 55.5 cm³/mol. The molecule has 2 bridgehead atoms. The summed E-state index contributed by atoms with van der Waals surface area (Å²) in [4.78, 5) is 11.8. The van der Waals surface area contributed by atoms with E-state index in [1.165, 1.54) is 6.42 Å². The van der Waals surface area contributed by atoms with Crippen LogP contribution in [0.25, 0.3) is 0 Å². The van der Waals surface area contributed by atoms with E-state index in [-0.39, 0.29) is 17.9 Å². The Labute approximate surface area is 84.7 Å².